The van der Waals surface area contributed by atoms with Gasteiger partial charge in [-0.15, -0.1) is 11.3 Å². The number of nitrogens with one attached hydrogen (secondary N) is 1. The van der Waals surface area contributed by atoms with Crippen molar-refractivity contribution in [3.63, 3.8) is 0 Å². The summed E-state index contributed by atoms with van der Waals surface area (Å²) in [5.74, 6) is 0. The molecule has 5 heteroatoms. The molecule has 0 unspecified atom stereocenters. The van der Waals surface area contributed by atoms with Gasteiger partial charge in [-0.25, -0.2) is 9.67 Å². The molecule has 0 aliphatic carbocycles. The fraction of sp³-hybridized carbons (Fsp3) is 0.0400. The van der Waals surface area contributed by atoms with Crippen molar-refractivity contribution in [3.05, 3.63) is 102 Å². The van der Waals surface area contributed by atoms with E-state index in [0.717, 1.165) is 39.0 Å². The van der Waals surface area contributed by atoms with Gasteiger partial charge in [0, 0.05) is 28.4 Å². The van der Waals surface area contributed by atoms with E-state index in [4.69, 9.17) is 10.1 Å². The third kappa shape index (κ3) is 3.75. The first-order chi connectivity index (χ1) is 14.8. The van der Waals surface area contributed by atoms with E-state index in [-0.39, 0.29) is 0 Å². The maximum Gasteiger partial charge on any atom is 0.187 e. The Morgan fingerprint density at radius 2 is 1.53 bits per heavy atom. The smallest absolute Gasteiger partial charge is 0.187 e. The lowest BCUT2D eigenvalue weighted by Crippen LogP contribution is -1.93. The predicted molar refractivity (Wildman–Crippen MR) is 125 cm³/mol. The van der Waals surface area contributed by atoms with Crippen LogP contribution < -0.4 is 5.32 Å². The van der Waals surface area contributed by atoms with Crippen molar-refractivity contribution in [1.82, 2.24) is 14.8 Å². The zero-order valence-corrected chi connectivity index (χ0v) is 17.3. The van der Waals surface area contributed by atoms with Gasteiger partial charge in [0.1, 0.15) is 5.69 Å². The Morgan fingerprint density at radius 1 is 0.833 bits per heavy atom. The number of anilines is 2. The number of benzene rings is 3. The maximum atomic E-state index is 4.91. The number of thiazole rings is 1. The molecule has 3 aromatic carbocycles. The summed E-state index contributed by atoms with van der Waals surface area (Å²) in [6.07, 6.45) is 2.06. The van der Waals surface area contributed by atoms with E-state index in [9.17, 15) is 0 Å². The summed E-state index contributed by atoms with van der Waals surface area (Å²) >= 11 is 1.59. The highest BCUT2D eigenvalue weighted by Gasteiger charge is 2.17. The molecule has 0 saturated heterocycles. The average molecular weight is 409 g/mol. The molecule has 146 valence electrons. The molecule has 0 atom stereocenters. The van der Waals surface area contributed by atoms with Gasteiger partial charge in [-0.2, -0.15) is 5.10 Å². The lowest BCUT2D eigenvalue weighted by molar-refractivity contribution is 0.884. The molecule has 5 rings (SSSR count). The lowest BCUT2D eigenvalue weighted by Gasteiger charge is -2.02. The molecule has 0 aliphatic rings. The van der Waals surface area contributed by atoms with Gasteiger partial charge in [0.25, 0.3) is 0 Å². The molecule has 0 bridgehead atoms. The van der Waals surface area contributed by atoms with Gasteiger partial charge in [0.2, 0.25) is 0 Å². The average Bonchev–Trinajstić information content (AvgIpc) is 3.43. The van der Waals surface area contributed by atoms with Crippen molar-refractivity contribution in [3.8, 4) is 28.2 Å². The minimum Gasteiger partial charge on any atom is -0.332 e. The number of para-hydroxylation sites is 2. The van der Waals surface area contributed by atoms with Crippen molar-refractivity contribution in [2.24, 2.45) is 0 Å². The zero-order chi connectivity index (χ0) is 20.3. The Balaban J connectivity index is 1.56. The van der Waals surface area contributed by atoms with Crippen LogP contribution in [-0.4, -0.2) is 14.8 Å². The van der Waals surface area contributed by atoms with Crippen molar-refractivity contribution < 1.29 is 0 Å². The van der Waals surface area contributed by atoms with Crippen LogP contribution in [0.3, 0.4) is 0 Å². The van der Waals surface area contributed by atoms with Crippen molar-refractivity contribution in [2.75, 3.05) is 5.32 Å². The van der Waals surface area contributed by atoms with Gasteiger partial charge in [-0.1, -0.05) is 66.2 Å². The third-order valence-corrected chi connectivity index (χ3v) is 5.62. The van der Waals surface area contributed by atoms with Gasteiger partial charge >= 0.3 is 0 Å². The number of hydrogen-bond donors (Lipinski definition) is 1. The summed E-state index contributed by atoms with van der Waals surface area (Å²) in [5, 5.41) is 11.2. The summed E-state index contributed by atoms with van der Waals surface area (Å²) in [6.45, 7) is 2.09. The van der Waals surface area contributed by atoms with Crippen LogP contribution >= 0.6 is 11.3 Å². The highest BCUT2D eigenvalue weighted by atomic mass is 32.1. The van der Waals surface area contributed by atoms with Gasteiger partial charge in [0.15, 0.2) is 5.13 Å². The number of aryl methyl sites for hydroxylation is 1. The predicted octanol–water partition coefficient (Wildman–Crippen LogP) is 6.71. The van der Waals surface area contributed by atoms with Crippen LogP contribution in [-0.2, 0) is 0 Å². The van der Waals surface area contributed by atoms with E-state index in [0.29, 0.717) is 0 Å². The summed E-state index contributed by atoms with van der Waals surface area (Å²) < 4.78 is 1.92. The summed E-state index contributed by atoms with van der Waals surface area (Å²) in [4.78, 5) is 4.84. The third-order valence-electron chi connectivity index (χ3n) is 4.87. The van der Waals surface area contributed by atoms with Gasteiger partial charge in [0.05, 0.1) is 11.4 Å². The fourth-order valence-corrected chi connectivity index (χ4v) is 4.03. The van der Waals surface area contributed by atoms with Crippen molar-refractivity contribution >= 4 is 22.2 Å². The van der Waals surface area contributed by atoms with Crippen LogP contribution in [0.15, 0.2) is 96.5 Å². The number of nitrogens with zero attached hydrogens (tertiary/aromatic N) is 3. The number of hydrogen-bond acceptors (Lipinski definition) is 4. The molecular weight excluding hydrogens is 388 g/mol. The van der Waals surface area contributed by atoms with Crippen LogP contribution in [0, 0.1) is 6.92 Å². The Hall–Kier alpha value is -3.70. The van der Waals surface area contributed by atoms with Crippen LogP contribution in [0.25, 0.3) is 28.2 Å². The van der Waals surface area contributed by atoms with E-state index < -0.39 is 0 Å². The first-order valence-corrected chi connectivity index (χ1v) is 10.6. The van der Waals surface area contributed by atoms with Crippen LogP contribution in [0.5, 0.6) is 0 Å². The summed E-state index contributed by atoms with van der Waals surface area (Å²) in [5.41, 5.74) is 7.21. The maximum absolute atomic E-state index is 4.91. The molecule has 4 nitrogen and oxygen atoms in total. The van der Waals surface area contributed by atoms with E-state index in [1.807, 2.05) is 53.2 Å². The monoisotopic (exact) mass is 408 g/mol. The number of aromatic nitrogens is 3. The molecule has 2 aromatic heterocycles. The normalized spacial score (nSPS) is 10.8. The van der Waals surface area contributed by atoms with Crippen LogP contribution in [0.1, 0.15) is 5.56 Å². The zero-order valence-electron chi connectivity index (χ0n) is 16.5. The molecule has 0 fully saturated rings. The molecule has 5 aromatic rings. The first kappa shape index (κ1) is 18.3. The molecule has 0 aliphatic heterocycles. The van der Waals surface area contributed by atoms with Gasteiger partial charge in [-0.3, -0.25) is 0 Å². The molecule has 2 heterocycles. The number of rotatable bonds is 5. The van der Waals surface area contributed by atoms with Crippen LogP contribution in [0.4, 0.5) is 10.8 Å². The van der Waals surface area contributed by atoms with Crippen LogP contribution in [0.2, 0.25) is 0 Å². The van der Waals surface area contributed by atoms with E-state index in [1.165, 1.54) is 5.56 Å². The second kappa shape index (κ2) is 7.97. The molecule has 1 N–H and O–H groups in total. The Bertz CT molecular complexity index is 1260. The lowest BCUT2D eigenvalue weighted by atomic mass is 10.1. The summed E-state index contributed by atoms with van der Waals surface area (Å²) in [7, 11) is 0. The minimum atomic E-state index is 0.860. The topological polar surface area (TPSA) is 42.7 Å². The second-order valence-corrected chi connectivity index (χ2v) is 7.92. The van der Waals surface area contributed by atoms with E-state index >= 15 is 0 Å². The van der Waals surface area contributed by atoms with E-state index in [1.54, 1.807) is 11.3 Å². The van der Waals surface area contributed by atoms with Crippen molar-refractivity contribution in [2.45, 2.75) is 6.92 Å². The Kier molecular flexibility index (Phi) is 4.87. The van der Waals surface area contributed by atoms with Gasteiger partial charge in [-0.05, 0) is 31.2 Å². The Morgan fingerprint density at radius 3 is 2.27 bits per heavy atom. The summed E-state index contributed by atoms with van der Waals surface area (Å²) in [6, 6.07) is 28.7. The van der Waals surface area contributed by atoms with Crippen molar-refractivity contribution in [1.29, 1.82) is 0 Å². The highest BCUT2D eigenvalue weighted by Crippen LogP contribution is 2.34. The SMILES string of the molecule is Cc1ccc(-c2nn(-c3ccccc3)cc2-c2csc(Nc3ccccc3)n2)cc1. The fourth-order valence-electron chi connectivity index (χ4n) is 3.30. The van der Waals surface area contributed by atoms with E-state index in [2.05, 4.69) is 60.2 Å². The molecule has 0 radical (unpaired) electrons. The molecule has 30 heavy (non-hydrogen) atoms. The van der Waals surface area contributed by atoms with Gasteiger partial charge < -0.3 is 5.32 Å². The molecule has 0 saturated carbocycles. The standard InChI is InChI=1S/C25H20N4S/c1-18-12-14-19(15-13-18)24-22(16-29(28-24)21-10-6-3-7-11-21)23-17-30-25(27-23)26-20-8-4-2-5-9-20/h2-17H,1H3,(H,26,27). The second-order valence-electron chi connectivity index (χ2n) is 7.07. The largest absolute Gasteiger partial charge is 0.332 e. The first-order valence-electron chi connectivity index (χ1n) is 9.76. The molecule has 0 spiro atoms. The minimum absolute atomic E-state index is 0.860. The Labute approximate surface area is 179 Å². The highest BCUT2D eigenvalue weighted by molar-refractivity contribution is 7.14. The molecular formula is C25H20N4S. The molecule has 0 amide bonds. The quantitative estimate of drug-likeness (QED) is 0.351.